The van der Waals surface area contributed by atoms with Gasteiger partial charge in [0.15, 0.2) is 5.76 Å². The Labute approximate surface area is 268 Å². The predicted octanol–water partition coefficient (Wildman–Crippen LogP) is 4.89. The van der Waals surface area contributed by atoms with E-state index in [4.69, 9.17) is 18.7 Å². The normalized spacial score (nSPS) is 12.0. The molecule has 3 rings (SSSR count). The standard InChI is InChI=1S/C34H41N3O9/c1-5-7-9-14-26(28(6-2)37(22-38)45-20-23-12-10-8-11-13-23)31(39)35-21-36-32(40)30-18-17-29(46-30)24-15-16-25(33(41)43-3)27(19-24)34(42)44-4/h8,10-13,15-19,22,26,28H,5-7,9,14,20-21H2,1-4H3,(H,35,39)(H,36,40). The fraction of sp³-hybridized carbons (Fsp3) is 0.382. The van der Waals surface area contributed by atoms with Crippen LogP contribution >= 0.6 is 0 Å². The highest BCUT2D eigenvalue weighted by Gasteiger charge is 2.32. The average Bonchev–Trinajstić information content (AvgIpc) is 3.59. The number of nitrogens with one attached hydrogen (secondary N) is 2. The number of amides is 3. The Morgan fingerprint density at radius 3 is 2.26 bits per heavy atom. The fourth-order valence-corrected chi connectivity index (χ4v) is 4.99. The van der Waals surface area contributed by atoms with Crippen LogP contribution in [-0.4, -0.2) is 62.2 Å². The van der Waals surface area contributed by atoms with Crippen molar-refractivity contribution in [1.29, 1.82) is 0 Å². The predicted molar refractivity (Wildman–Crippen MR) is 168 cm³/mol. The van der Waals surface area contributed by atoms with Crippen LogP contribution in [0.5, 0.6) is 0 Å². The number of hydroxylamine groups is 2. The number of hydrogen-bond acceptors (Lipinski definition) is 9. The van der Waals surface area contributed by atoms with E-state index in [9.17, 15) is 24.0 Å². The summed E-state index contributed by atoms with van der Waals surface area (Å²) in [5, 5.41) is 6.60. The first-order chi connectivity index (χ1) is 22.3. The number of furan rings is 1. The lowest BCUT2D eigenvalue weighted by Crippen LogP contribution is -2.48. The molecule has 2 N–H and O–H groups in total. The SMILES string of the molecule is CCCCCC(C(=O)NCNC(=O)c1ccc(-c2ccc(C(=O)OC)c(C(=O)OC)c2)o1)C(CC)N(C=O)OCc1ccccc1. The highest BCUT2D eigenvalue weighted by atomic mass is 16.7. The van der Waals surface area contributed by atoms with Gasteiger partial charge in [0.2, 0.25) is 12.3 Å². The molecule has 0 aliphatic rings. The summed E-state index contributed by atoms with van der Waals surface area (Å²) < 4.78 is 15.2. The second-order valence-corrected chi connectivity index (χ2v) is 10.4. The van der Waals surface area contributed by atoms with Crippen molar-refractivity contribution in [2.24, 2.45) is 5.92 Å². The molecule has 2 unspecified atom stereocenters. The summed E-state index contributed by atoms with van der Waals surface area (Å²) in [4.78, 5) is 68.4. The van der Waals surface area contributed by atoms with Gasteiger partial charge in [-0.3, -0.25) is 19.2 Å². The quantitative estimate of drug-likeness (QED) is 0.0654. The van der Waals surface area contributed by atoms with Crippen molar-refractivity contribution >= 4 is 30.2 Å². The molecule has 0 radical (unpaired) electrons. The molecule has 2 atom stereocenters. The molecule has 0 aliphatic heterocycles. The molecular weight excluding hydrogens is 594 g/mol. The topological polar surface area (TPSA) is 153 Å². The van der Waals surface area contributed by atoms with Gasteiger partial charge in [-0.1, -0.05) is 69.5 Å². The monoisotopic (exact) mass is 635 g/mol. The lowest BCUT2D eigenvalue weighted by Gasteiger charge is -2.32. The summed E-state index contributed by atoms with van der Waals surface area (Å²) in [5.74, 6) is -2.68. The van der Waals surface area contributed by atoms with Gasteiger partial charge in [-0.2, -0.15) is 0 Å². The number of carbonyl (C=O) groups is 5. The van der Waals surface area contributed by atoms with Crippen LogP contribution < -0.4 is 10.6 Å². The number of nitrogens with zero attached hydrogens (tertiary/aromatic N) is 1. The van der Waals surface area contributed by atoms with Crippen LogP contribution in [0.15, 0.2) is 65.1 Å². The fourth-order valence-electron chi connectivity index (χ4n) is 4.99. The van der Waals surface area contributed by atoms with E-state index >= 15 is 0 Å². The minimum Gasteiger partial charge on any atom is -0.465 e. The summed E-state index contributed by atoms with van der Waals surface area (Å²) >= 11 is 0. The van der Waals surface area contributed by atoms with Crippen LogP contribution in [0.3, 0.4) is 0 Å². The highest BCUT2D eigenvalue weighted by Crippen LogP contribution is 2.26. The van der Waals surface area contributed by atoms with Crippen LogP contribution in [0.4, 0.5) is 0 Å². The highest BCUT2D eigenvalue weighted by molar-refractivity contribution is 6.04. The second-order valence-electron chi connectivity index (χ2n) is 10.4. The molecule has 1 heterocycles. The molecule has 12 nitrogen and oxygen atoms in total. The lowest BCUT2D eigenvalue weighted by atomic mass is 9.90. The van der Waals surface area contributed by atoms with Gasteiger partial charge in [-0.15, -0.1) is 0 Å². The van der Waals surface area contributed by atoms with E-state index in [1.165, 1.54) is 37.5 Å². The summed E-state index contributed by atoms with van der Waals surface area (Å²) in [7, 11) is 2.39. The number of carbonyl (C=O) groups excluding carboxylic acids is 5. The Hall–Kier alpha value is -4.97. The van der Waals surface area contributed by atoms with Gasteiger partial charge < -0.3 is 24.5 Å². The Kier molecular flexibility index (Phi) is 14.0. The third-order valence-corrected chi connectivity index (χ3v) is 7.45. The molecule has 46 heavy (non-hydrogen) atoms. The number of ether oxygens (including phenoxy) is 2. The average molecular weight is 636 g/mol. The van der Waals surface area contributed by atoms with Crippen LogP contribution in [0, 0.1) is 5.92 Å². The molecule has 3 aromatic rings. The van der Waals surface area contributed by atoms with E-state index in [-0.39, 0.29) is 41.8 Å². The van der Waals surface area contributed by atoms with Crippen LogP contribution in [0.25, 0.3) is 11.3 Å². The third-order valence-electron chi connectivity index (χ3n) is 7.45. The van der Waals surface area contributed by atoms with Gasteiger partial charge in [0.05, 0.1) is 44.0 Å². The number of hydrogen-bond donors (Lipinski definition) is 2. The Morgan fingerprint density at radius 1 is 0.891 bits per heavy atom. The van der Waals surface area contributed by atoms with E-state index in [0.717, 1.165) is 24.8 Å². The van der Waals surface area contributed by atoms with Crippen LogP contribution in [-0.2, 0) is 30.5 Å². The van der Waals surface area contributed by atoms with Gasteiger partial charge in [0.25, 0.3) is 5.91 Å². The van der Waals surface area contributed by atoms with Crippen molar-refractivity contribution in [2.75, 3.05) is 20.9 Å². The lowest BCUT2D eigenvalue weighted by molar-refractivity contribution is -0.200. The van der Waals surface area contributed by atoms with Gasteiger partial charge >= 0.3 is 11.9 Å². The number of unbranched alkanes of at least 4 members (excludes halogenated alkanes) is 2. The molecule has 0 fully saturated rings. The van der Waals surface area contributed by atoms with E-state index in [1.807, 2.05) is 37.3 Å². The maximum atomic E-state index is 13.4. The molecule has 0 aliphatic carbocycles. The molecule has 12 heteroatoms. The molecule has 0 spiro atoms. The van der Waals surface area contributed by atoms with E-state index in [0.29, 0.717) is 24.8 Å². The molecular formula is C34H41N3O9. The van der Waals surface area contributed by atoms with Crippen LogP contribution in [0.1, 0.15) is 82.8 Å². The minimum atomic E-state index is -0.736. The largest absolute Gasteiger partial charge is 0.465 e. The number of esters is 2. The van der Waals surface area contributed by atoms with Crippen LogP contribution in [0.2, 0.25) is 0 Å². The number of methoxy groups -OCH3 is 2. The van der Waals surface area contributed by atoms with E-state index < -0.39 is 29.8 Å². The van der Waals surface area contributed by atoms with Gasteiger partial charge in [-0.25, -0.2) is 14.7 Å². The summed E-state index contributed by atoms with van der Waals surface area (Å²) in [6.07, 6.45) is 4.30. The molecule has 2 aromatic carbocycles. The zero-order valence-corrected chi connectivity index (χ0v) is 26.6. The molecule has 0 bridgehead atoms. The van der Waals surface area contributed by atoms with Crippen molar-refractivity contribution in [3.63, 3.8) is 0 Å². The molecule has 246 valence electrons. The number of benzene rings is 2. The van der Waals surface area contributed by atoms with Crippen molar-refractivity contribution in [2.45, 2.75) is 58.6 Å². The summed E-state index contributed by atoms with van der Waals surface area (Å²) in [5.41, 5.74) is 1.32. The zero-order chi connectivity index (χ0) is 33.5. The first-order valence-electron chi connectivity index (χ1n) is 15.1. The number of rotatable bonds is 18. The van der Waals surface area contributed by atoms with E-state index in [2.05, 4.69) is 17.6 Å². The smallest absolute Gasteiger partial charge is 0.338 e. The van der Waals surface area contributed by atoms with Crippen molar-refractivity contribution < 1.29 is 42.7 Å². The summed E-state index contributed by atoms with van der Waals surface area (Å²) in [6, 6.07) is 16.3. The first kappa shape index (κ1) is 35.5. The summed E-state index contributed by atoms with van der Waals surface area (Å²) in [6.45, 7) is 3.96. The molecule has 0 saturated carbocycles. The molecule has 1 aromatic heterocycles. The van der Waals surface area contributed by atoms with E-state index in [1.54, 1.807) is 12.1 Å². The van der Waals surface area contributed by atoms with Crippen molar-refractivity contribution in [1.82, 2.24) is 15.7 Å². The molecule has 0 saturated heterocycles. The van der Waals surface area contributed by atoms with Crippen molar-refractivity contribution in [3.8, 4) is 11.3 Å². The maximum Gasteiger partial charge on any atom is 0.338 e. The zero-order valence-electron chi connectivity index (χ0n) is 26.6. The van der Waals surface area contributed by atoms with Gasteiger partial charge in [0.1, 0.15) is 12.4 Å². The minimum absolute atomic E-state index is 0.0190. The Balaban J connectivity index is 1.66. The third kappa shape index (κ3) is 9.51. The maximum absolute atomic E-state index is 13.4. The molecule has 3 amide bonds. The first-order valence-corrected chi connectivity index (χ1v) is 15.1. The Morgan fingerprint density at radius 2 is 1.61 bits per heavy atom. The van der Waals surface area contributed by atoms with Gasteiger partial charge in [0, 0.05) is 5.56 Å². The van der Waals surface area contributed by atoms with Crippen molar-refractivity contribution in [3.05, 3.63) is 83.1 Å². The Bertz CT molecular complexity index is 1470. The van der Waals surface area contributed by atoms with Gasteiger partial charge in [-0.05, 0) is 42.7 Å². The second kappa shape index (κ2) is 18.1.